The van der Waals surface area contributed by atoms with Gasteiger partial charge in [-0.25, -0.2) is 8.42 Å². The smallest absolute Gasteiger partial charge is 0.352 e. The summed E-state index contributed by atoms with van der Waals surface area (Å²) >= 11 is 0. The van der Waals surface area contributed by atoms with E-state index in [0.29, 0.717) is 10.4 Å². The molecule has 0 saturated heterocycles. The molecule has 7 nitrogen and oxygen atoms in total. The minimum absolute atomic E-state index is 0.0167. The molecule has 0 bridgehead atoms. The Morgan fingerprint density at radius 2 is 1.73 bits per heavy atom. The number of nitrogens with zero attached hydrogens (tertiary/aromatic N) is 2. The number of alkyl halides is 3. The summed E-state index contributed by atoms with van der Waals surface area (Å²) in [4.78, 5) is 27.9. The summed E-state index contributed by atoms with van der Waals surface area (Å²) < 4.78 is 65.6. The molecule has 1 saturated carbocycles. The summed E-state index contributed by atoms with van der Waals surface area (Å²) in [6.07, 6.45) is -0.157. The van der Waals surface area contributed by atoms with Gasteiger partial charge in [-0.3, -0.25) is 13.9 Å². The van der Waals surface area contributed by atoms with Gasteiger partial charge in [-0.1, -0.05) is 43.2 Å². The van der Waals surface area contributed by atoms with Crippen molar-refractivity contribution in [2.45, 2.75) is 64.3 Å². The molecule has 37 heavy (non-hydrogen) atoms. The Kier molecular flexibility index (Phi) is 8.88. The Labute approximate surface area is 215 Å². The van der Waals surface area contributed by atoms with Gasteiger partial charge in [-0.15, -0.1) is 0 Å². The summed E-state index contributed by atoms with van der Waals surface area (Å²) in [5, 5.41) is 2.96. The van der Waals surface area contributed by atoms with Crippen molar-refractivity contribution in [2.75, 3.05) is 17.1 Å². The number of aryl methyl sites for hydroxylation is 1. The first-order valence-electron chi connectivity index (χ1n) is 12.1. The van der Waals surface area contributed by atoms with Gasteiger partial charge in [0.1, 0.15) is 12.6 Å². The third kappa shape index (κ3) is 7.47. The zero-order valence-electron chi connectivity index (χ0n) is 21.1. The van der Waals surface area contributed by atoms with Crippen LogP contribution in [0.3, 0.4) is 0 Å². The summed E-state index contributed by atoms with van der Waals surface area (Å²) in [5.74, 6) is -1.07. The van der Waals surface area contributed by atoms with Gasteiger partial charge in [0.15, 0.2) is 0 Å². The van der Waals surface area contributed by atoms with Crippen LogP contribution in [-0.2, 0) is 32.3 Å². The fourth-order valence-electron chi connectivity index (χ4n) is 4.40. The molecule has 0 heterocycles. The third-order valence-electron chi connectivity index (χ3n) is 6.61. The molecule has 1 fully saturated rings. The number of halogens is 3. The molecule has 1 atom stereocenters. The van der Waals surface area contributed by atoms with Crippen molar-refractivity contribution in [1.82, 2.24) is 10.2 Å². The number of hydrogen-bond acceptors (Lipinski definition) is 4. The van der Waals surface area contributed by atoms with E-state index in [1.54, 1.807) is 19.1 Å². The lowest BCUT2D eigenvalue weighted by molar-refractivity contribution is -0.139. The summed E-state index contributed by atoms with van der Waals surface area (Å²) in [7, 11) is -4.14. The molecule has 0 aromatic heterocycles. The Hall–Kier alpha value is -3.08. The number of nitrogens with one attached hydrogen (secondary N) is 1. The van der Waals surface area contributed by atoms with Crippen molar-refractivity contribution >= 4 is 27.5 Å². The fraction of sp³-hybridized carbons (Fsp3) is 0.462. The van der Waals surface area contributed by atoms with Gasteiger partial charge >= 0.3 is 6.18 Å². The van der Waals surface area contributed by atoms with Crippen LogP contribution in [0.15, 0.2) is 48.5 Å². The zero-order chi connectivity index (χ0) is 27.4. The molecule has 0 aliphatic heterocycles. The lowest BCUT2D eigenvalue weighted by Gasteiger charge is -2.32. The number of sulfonamides is 1. The normalized spacial score (nSPS) is 15.3. The maximum atomic E-state index is 13.6. The van der Waals surface area contributed by atoms with Gasteiger partial charge in [0.2, 0.25) is 21.8 Å². The molecule has 1 aliphatic carbocycles. The SMILES string of the molecule is Cc1ccccc1CN(C(=O)CN(c1cccc(C(F)(F)F)c1)S(C)(=O)=O)[C@@H](C)C(=O)NC1CCCC1. The second kappa shape index (κ2) is 11.5. The molecule has 0 spiro atoms. The number of anilines is 1. The maximum Gasteiger partial charge on any atom is 0.416 e. The molecule has 3 rings (SSSR count). The topological polar surface area (TPSA) is 86.8 Å². The Bertz CT molecular complexity index is 1230. The first-order valence-corrected chi connectivity index (χ1v) is 13.9. The summed E-state index contributed by atoms with van der Waals surface area (Å²) in [6, 6.07) is 10.2. The second-order valence-corrected chi connectivity index (χ2v) is 11.3. The van der Waals surface area contributed by atoms with Gasteiger partial charge in [0.05, 0.1) is 17.5 Å². The Balaban J connectivity index is 1.92. The third-order valence-corrected chi connectivity index (χ3v) is 7.75. The number of hydrogen-bond donors (Lipinski definition) is 1. The first-order chi connectivity index (χ1) is 17.3. The van der Waals surface area contributed by atoms with Crippen LogP contribution in [0.5, 0.6) is 0 Å². The average molecular weight is 540 g/mol. The quantitative estimate of drug-likeness (QED) is 0.516. The van der Waals surface area contributed by atoms with Crippen LogP contribution in [0.25, 0.3) is 0 Å². The van der Waals surface area contributed by atoms with Gasteiger partial charge in [-0.2, -0.15) is 13.2 Å². The largest absolute Gasteiger partial charge is 0.416 e. The van der Waals surface area contributed by atoms with Crippen LogP contribution in [0.2, 0.25) is 0 Å². The van der Waals surface area contributed by atoms with Gasteiger partial charge in [-0.05, 0) is 56.0 Å². The first kappa shape index (κ1) is 28.5. The molecule has 202 valence electrons. The molecule has 1 N–H and O–H groups in total. The highest BCUT2D eigenvalue weighted by molar-refractivity contribution is 7.92. The number of amides is 2. The number of rotatable bonds is 9. The molecule has 2 aromatic rings. The molecule has 0 unspecified atom stereocenters. The van der Waals surface area contributed by atoms with Crippen molar-refractivity contribution in [3.63, 3.8) is 0 Å². The highest BCUT2D eigenvalue weighted by Crippen LogP contribution is 2.32. The van der Waals surface area contributed by atoms with E-state index in [0.717, 1.165) is 55.2 Å². The Morgan fingerprint density at radius 3 is 2.32 bits per heavy atom. The van der Waals surface area contributed by atoms with Crippen molar-refractivity contribution in [1.29, 1.82) is 0 Å². The summed E-state index contributed by atoms with van der Waals surface area (Å²) in [5.41, 5.74) is 0.319. The fourth-order valence-corrected chi connectivity index (χ4v) is 5.24. The van der Waals surface area contributed by atoms with Crippen LogP contribution < -0.4 is 9.62 Å². The predicted molar refractivity (Wildman–Crippen MR) is 135 cm³/mol. The highest BCUT2D eigenvalue weighted by atomic mass is 32.2. The number of benzene rings is 2. The average Bonchev–Trinajstić information content (AvgIpc) is 3.33. The molecule has 11 heteroatoms. The highest BCUT2D eigenvalue weighted by Gasteiger charge is 2.34. The second-order valence-electron chi connectivity index (χ2n) is 9.43. The standard InChI is InChI=1S/C26H32F3N3O4S/c1-18-9-4-5-10-20(18)16-31(19(2)25(34)30-22-12-6-7-13-22)24(33)17-32(37(3,35)36)23-14-8-11-21(15-23)26(27,28)29/h4-5,8-11,14-15,19,22H,6-7,12-13,16-17H2,1-3H3,(H,30,34)/t19-/m0/s1. The van der Waals surface area contributed by atoms with E-state index in [-0.39, 0.29) is 24.2 Å². The lowest BCUT2D eigenvalue weighted by atomic mass is 10.1. The number of carbonyl (C=O) groups is 2. The molecule has 2 aromatic carbocycles. The van der Waals surface area contributed by atoms with Gasteiger partial charge in [0, 0.05) is 12.6 Å². The lowest BCUT2D eigenvalue weighted by Crippen LogP contribution is -2.52. The van der Waals surface area contributed by atoms with Crippen molar-refractivity contribution in [3.8, 4) is 0 Å². The van der Waals surface area contributed by atoms with E-state index in [4.69, 9.17) is 0 Å². The monoisotopic (exact) mass is 539 g/mol. The van der Waals surface area contributed by atoms with Gasteiger partial charge in [0.25, 0.3) is 0 Å². The van der Waals surface area contributed by atoms with Crippen LogP contribution >= 0.6 is 0 Å². The van der Waals surface area contributed by atoms with E-state index >= 15 is 0 Å². The minimum Gasteiger partial charge on any atom is -0.352 e. The molecule has 0 radical (unpaired) electrons. The molecular weight excluding hydrogens is 507 g/mol. The molecule has 2 amide bonds. The summed E-state index contributed by atoms with van der Waals surface area (Å²) in [6.45, 7) is 2.69. The van der Waals surface area contributed by atoms with Crippen molar-refractivity contribution < 1.29 is 31.2 Å². The molecular formula is C26H32F3N3O4S. The zero-order valence-corrected chi connectivity index (χ0v) is 21.9. The van der Waals surface area contributed by atoms with Crippen molar-refractivity contribution in [3.05, 3.63) is 65.2 Å². The van der Waals surface area contributed by atoms with Gasteiger partial charge < -0.3 is 10.2 Å². The van der Waals surface area contributed by atoms with E-state index < -0.39 is 40.3 Å². The van der Waals surface area contributed by atoms with E-state index in [2.05, 4.69) is 5.32 Å². The van der Waals surface area contributed by atoms with Crippen LogP contribution in [0.1, 0.15) is 49.3 Å². The van der Waals surface area contributed by atoms with Crippen LogP contribution in [0, 0.1) is 6.92 Å². The number of carbonyl (C=O) groups excluding carboxylic acids is 2. The van der Waals surface area contributed by atoms with E-state index in [9.17, 15) is 31.2 Å². The predicted octanol–water partition coefficient (Wildman–Crippen LogP) is 4.26. The Morgan fingerprint density at radius 1 is 1.08 bits per heavy atom. The van der Waals surface area contributed by atoms with Crippen LogP contribution in [-0.4, -0.2) is 50.0 Å². The van der Waals surface area contributed by atoms with E-state index in [1.807, 2.05) is 19.1 Å². The maximum absolute atomic E-state index is 13.6. The van der Waals surface area contributed by atoms with Crippen LogP contribution in [0.4, 0.5) is 18.9 Å². The minimum atomic E-state index is -4.69. The van der Waals surface area contributed by atoms with Crippen molar-refractivity contribution in [2.24, 2.45) is 0 Å². The van der Waals surface area contributed by atoms with E-state index in [1.165, 1.54) is 11.0 Å². The molecule has 1 aliphatic rings.